The van der Waals surface area contributed by atoms with Crippen LogP contribution in [-0.4, -0.2) is 22.9 Å². The second-order valence-electron chi connectivity index (χ2n) is 4.85. The zero-order valence-electron chi connectivity index (χ0n) is 12.6. The summed E-state index contributed by atoms with van der Waals surface area (Å²) in [5.74, 6) is -1.21. The van der Waals surface area contributed by atoms with Gasteiger partial charge in [0.1, 0.15) is 0 Å². The molecule has 2 rings (SSSR count). The Morgan fingerprint density at radius 2 is 1.71 bits per heavy atom. The standard InChI is InChI=1S/C16H13BrN2O5/c1-10(15(20)18-13-6-4-12(17)5-7-13)24-16(21)11-2-8-14(9-3-11)19(22)23/h2-10H,1H3,(H,18,20)/t10-/m1/s1. The lowest BCUT2D eigenvalue weighted by Crippen LogP contribution is -2.29. The van der Waals surface area contributed by atoms with Gasteiger partial charge < -0.3 is 10.1 Å². The minimum Gasteiger partial charge on any atom is -0.449 e. The minimum absolute atomic E-state index is 0.129. The first kappa shape index (κ1) is 17.6. The van der Waals surface area contributed by atoms with Crippen molar-refractivity contribution in [1.29, 1.82) is 0 Å². The molecule has 0 aliphatic carbocycles. The molecule has 8 heteroatoms. The molecule has 0 fully saturated rings. The highest BCUT2D eigenvalue weighted by molar-refractivity contribution is 9.10. The minimum atomic E-state index is -1.02. The van der Waals surface area contributed by atoms with Gasteiger partial charge in [-0.05, 0) is 43.3 Å². The summed E-state index contributed by atoms with van der Waals surface area (Å²) in [6.07, 6.45) is -1.02. The van der Waals surface area contributed by atoms with Gasteiger partial charge in [0, 0.05) is 22.3 Å². The van der Waals surface area contributed by atoms with Crippen LogP contribution in [0.2, 0.25) is 0 Å². The fraction of sp³-hybridized carbons (Fsp3) is 0.125. The Kier molecular flexibility index (Phi) is 5.64. The molecule has 1 atom stereocenters. The fourth-order valence-corrected chi connectivity index (χ4v) is 2.04. The number of nitrogens with one attached hydrogen (secondary N) is 1. The largest absolute Gasteiger partial charge is 0.449 e. The molecule has 0 saturated carbocycles. The lowest BCUT2D eigenvalue weighted by molar-refractivity contribution is -0.384. The van der Waals surface area contributed by atoms with Gasteiger partial charge in [0.25, 0.3) is 11.6 Å². The van der Waals surface area contributed by atoms with Crippen molar-refractivity contribution in [3.8, 4) is 0 Å². The van der Waals surface area contributed by atoms with Gasteiger partial charge in [-0.15, -0.1) is 0 Å². The molecule has 124 valence electrons. The van der Waals surface area contributed by atoms with Gasteiger partial charge in [-0.25, -0.2) is 4.79 Å². The molecule has 2 aromatic rings. The van der Waals surface area contributed by atoms with Crippen molar-refractivity contribution in [2.75, 3.05) is 5.32 Å². The van der Waals surface area contributed by atoms with Crippen LogP contribution >= 0.6 is 15.9 Å². The van der Waals surface area contributed by atoms with Crippen LogP contribution in [0, 0.1) is 10.1 Å². The van der Waals surface area contributed by atoms with Crippen molar-refractivity contribution in [1.82, 2.24) is 0 Å². The average Bonchev–Trinajstić information content (AvgIpc) is 2.56. The molecule has 2 aromatic carbocycles. The first-order chi connectivity index (χ1) is 11.4. The van der Waals surface area contributed by atoms with E-state index in [0.29, 0.717) is 5.69 Å². The zero-order chi connectivity index (χ0) is 17.7. The first-order valence-electron chi connectivity index (χ1n) is 6.88. The van der Waals surface area contributed by atoms with Crippen molar-refractivity contribution in [2.24, 2.45) is 0 Å². The Bertz CT molecular complexity index is 759. The number of esters is 1. The van der Waals surface area contributed by atoms with Crippen LogP contribution in [-0.2, 0) is 9.53 Å². The lowest BCUT2D eigenvalue weighted by atomic mass is 10.2. The van der Waals surface area contributed by atoms with E-state index in [1.54, 1.807) is 24.3 Å². The number of amides is 1. The van der Waals surface area contributed by atoms with E-state index >= 15 is 0 Å². The summed E-state index contributed by atoms with van der Waals surface area (Å²) < 4.78 is 5.94. The molecule has 0 saturated heterocycles. The Morgan fingerprint density at radius 3 is 2.25 bits per heavy atom. The highest BCUT2D eigenvalue weighted by atomic mass is 79.9. The first-order valence-corrected chi connectivity index (χ1v) is 7.68. The van der Waals surface area contributed by atoms with Gasteiger partial charge in [0.15, 0.2) is 6.10 Å². The van der Waals surface area contributed by atoms with Crippen LogP contribution in [0.15, 0.2) is 53.0 Å². The van der Waals surface area contributed by atoms with Crippen molar-refractivity contribution >= 4 is 39.2 Å². The Labute approximate surface area is 145 Å². The van der Waals surface area contributed by atoms with Crippen molar-refractivity contribution in [2.45, 2.75) is 13.0 Å². The second kappa shape index (κ2) is 7.69. The molecule has 24 heavy (non-hydrogen) atoms. The van der Waals surface area contributed by atoms with Crippen molar-refractivity contribution < 1.29 is 19.2 Å². The number of nitro groups is 1. The summed E-state index contributed by atoms with van der Waals surface area (Å²) in [5.41, 5.74) is 0.568. The van der Waals surface area contributed by atoms with Crippen molar-refractivity contribution in [3.63, 3.8) is 0 Å². The van der Waals surface area contributed by atoms with E-state index in [4.69, 9.17) is 4.74 Å². The number of carbonyl (C=O) groups excluding carboxylic acids is 2. The smallest absolute Gasteiger partial charge is 0.338 e. The summed E-state index contributed by atoms with van der Waals surface area (Å²) in [5, 5.41) is 13.2. The highest BCUT2D eigenvalue weighted by Crippen LogP contribution is 2.16. The third-order valence-corrected chi connectivity index (χ3v) is 3.61. The molecule has 0 heterocycles. The molecule has 0 aliphatic rings. The SMILES string of the molecule is C[C@@H](OC(=O)c1ccc([N+](=O)[O-])cc1)C(=O)Nc1ccc(Br)cc1. The maximum atomic E-state index is 12.0. The third kappa shape index (κ3) is 4.63. The van der Waals surface area contributed by atoms with Gasteiger partial charge in [0.05, 0.1) is 10.5 Å². The number of anilines is 1. The number of nitro benzene ring substituents is 1. The number of non-ortho nitro benzene ring substituents is 1. The third-order valence-electron chi connectivity index (χ3n) is 3.08. The van der Waals surface area contributed by atoms with E-state index in [1.807, 2.05) is 0 Å². The molecule has 1 amide bonds. The number of halogens is 1. The Balaban J connectivity index is 1.96. The molecule has 0 unspecified atom stereocenters. The maximum Gasteiger partial charge on any atom is 0.338 e. The monoisotopic (exact) mass is 392 g/mol. The van der Waals surface area contributed by atoms with Gasteiger partial charge in [-0.2, -0.15) is 0 Å². The van der Waals surface area contributed by atoms with Crippen LogP contribution in [0.5, 0.6) is 0 Å². The molecule has 1 N–H and O–H groups in total. The van der Waals surface area contributed by atoms with Gasteiger partial charge in [-0.1, -0.05) is 15.9 Å². The van der Waals surface area contributed by atoms with E-state index in [-0.39, 0.29) is 11.3 Å². The Morgan fingerprint density at radius 1 is 1.12 bits per heavy atom. The highest BCUT2D eigenvalue weighted by Gasteiger charge is 2.19. The van der Waals surface area contributed by atoms with Crippen LogP contribution in [0.4, 0.5) is 11.4 Å². The number of carbonyl (C=O) groups is 2. The molecular formula is C16H13BrN2O5. The number of nitrogens with zero attached hydrogens (tertiary/aromatic N) is 1. The van der Waals surface area contributed by atoms with Gasteiger partial charge >= 0.3 is 5.97 Å². The predicted octanol–water partition coefficient (Wildman–Crippen LogP) is 3.54. The molecule has 7 nitrogen and oxygen atoms in total. The topological polar surface area (TPSA) is 98.5 Å². The number of ether oxygens (including phenoxy) is 1. The normalized spacial score (nSPS) is 11.4. The molecule has 0 aromatic heterocycles. The van der Waals surface area contributed by atoms with E-state index < -0.39 is 22.9 Å². The predicted molar refractivity (Wildman–Crippen MR) is 90.7 cm³/mol. The zero-order valence-corrected chi connectivity index (χ0v) is 14.1. The van der Waals surface area contributed by atoms with Crippen LogP contribution in [0.3, 0.4) is 0 Å². The van der Waals surface area contributed by atoms with E-state index in [1.165, 1.54) is 31.2 Å². The summed E-state index contributed by atoms with van der Waals surface area (Å²) in [6.45, 7) is 1.44. The summed E-state index contributed by atoms with van der Waals surface area (Å²) in [6, 6.07) is 11.9. The van der Waals surface area contributed by atoms with Gasteiger partial charge in [-0.3, -0.25) is 14.9 Å². The number of hydrogen-bond acceptors (Lipinski definition) is 5. The van der Waals surface area contributed by atoms with Crippen molar-refractivity contribution in [3.05, 3.63) is 68.7 Å². The van der Waals surface area contributed by atoms with Crippen LogP contribution in [0.1, 0.15) is 17.3 Å². The quantitative estimate of drug-likeness (QED) is 0.476. The number of hydrogen-bond donors (Lipinski definition) is 1. The molecule has 0 aliphatic heterocycles. The van der Waals surface area contributed by atoms with E-state index in [2.05, 4.69) is 21.2 Å². The summed E-state index contributed by atoms with van der Waals surface area (Å²) in [7, 11) is 0. The fourth-order valence-electron chi connectivity index (χ4n) is 1.78. The number of benzene rings is 2. The molecule has 0 bridgehead atoms. The number of rotatable bonds is 5. The molecule has 0 radical (unpaired) electrons. The maximum absolute atomic E-state index is 12.0. The molecule has 0 spiro atoms. The summed E-state index contributed by atoms with van der Waals surface area (Å²) in [4.78, 5) is 34.0. The average molecular weight is 393 g/mol. The van der Waals surface area contributed by atoms with Gasteiger partial charge in [0.2, 0.25) is 0 Å². The molecular weight excluding hydrogens is 380 g/mol. The van der Waals surface area contributed by atoms with E-state index in [9.17, 15) is 19.7 Å². The van der Waals surface area contributed by atoms with Crippen LogP contribution < -0.4 is 5.32 Å². The van der Waals surface area contributed by atoms with E-state index in [0.717, 1.165) is 4.47 Å². The summed E-state index contributed by atoms with van der Waals surface area (Å²) >= 11 is 3.29. The second-order valence-corrected chi connectivity index (χ2v) is 5.76. The van der Waals surface area contributed by atoms with Crippen LogP contribution in [0.25, 0.3) is 0 Å². The Hall–Kier alpha value is -2.74. The lowest BCUT2D eigenvalue weighted by Gasteiger charge is -2.13.